The summed E-state index contributed by atoms with van der Waals surface area (Å²) in [4.78, 5) is 11.6. The minimum atomic E-state index is -4.34. The number of aliphatic carboxylic acids is 1. The lowest BCUT2D eigenvalue weighted by atomic mass is 10.1. The van der Waals surface area contributed by atoms with E-state index in [0.29, 0.717) is 10.6 Å². The predicted molar refractivity (Wildman–Crippen MR) is 72.1 cm³/mol. The summed E-state index contributed by atoms with van der Waals surface area (Å²) in [6.45, 7) is 0.610. The zero-order valence-electron chi connectivity index (χ0n) is 10.6. The summed E-state index contributed by atoms with van der Waals surface area (Å²) in [5.41, 5.74) is 0.609. The molecule has 0 spiro atoms. The van der Waals surface area contributed by atoms with Crippen molar-refractivity contribution in [1.82, 2.24) is 0 Å². The van der Waals surface area contributed by atoms with Gasteiger partial charge in [-0.1, -0.05) is 11.6 Å². The monoisotopic (exact) mass is 307 g/mol. The Bertz CT molecular complexity index is 515. The van der Waals surface area contributed by atoms with E-state index in [1.165, 1.54) is 24.3 Å². The third-order valence-electron chi connectivity index (χ3n) is 2.49. The van der Waals surface area contributed by atoms with Crippen molar-refractivity contribution in [3.05, 3.63) is 34.9 Å². The van der Waals surface area contributed by atoms with Crippen LogP contribution in [0.4, 0.5) is 18.9 Å². The van der Waals surface area contributed by atoms with E-state index in [9.17, 15) is 18.0 Å². The summed E-state index contributed by atoms with van der Waals surface area (Å²) in [5, 5.41) is 8.93. The number of carboxylic acid groups (broad SMARTS) is 1. The van der Waals surface area contributed by atoms with Gasteiger partial charge in [-0.3, -0.25) is 0 Å². The molecule has 0 fully saturated rings. The molecule has 7 heteroatoms. The van der Waals surface area contributed by atoms with Crippen molar-refractivity contribution in [2.45, 2.75) is 13.1 Å². The lowest BCUT2D eigenvalue weighted by molar-refractivity contribution is -0.131. The van der Waals surface area contributed by atoms with E-state index in [-0.39, 0.29) is 12.2 Å². The van der Waals surface area contributed by atoms with Gasteiger partial charge in [0.1, 0.15) is 6.54 Å². The molecule has 0 unspecified atom stereocenters. The second-order valence-electron chi connectivity index (χ2n) is 4.00. The molecule has 1 rings (SSSR count). The van der Waals surface area contributed by atoms with Crippen molar-refractivity contribution in [3.8, 4) is 0 Å². The second-order valence-corrected chi connectivity index (χ2v) is 4.44. The Morgan fingerprint density at radius 3 is 2.60 bits per heavy atom. The molecule has 0 saturated heterocycles. The summed E-state index contributed by atoms with van der Waals surface area (Å²) >= 11 is 5.79. The first-order valence-electron chi connectivity index (χ1n) is 5.75. The highest BCUT2D eigenvalue weighted by Gasteiger charge is 2.30. The molecule has 0 heterocycles. The Morgan fingerprint density at radius 1 is 1.45 bits per heavy atom. The minimum absolute atomic E-state index is 0.134. The molecular formula is C13H13ClF3NO2. The molecule has 0 radical (unpaired) electrons. The zero-order chi connectivity index (χ0) is 15.3. The lowest BCUT2D eigenvalue weighted by Crippen LogP contribution is -2.34. The van der Waals surface area contributed by atoms with Gasteiger partial charge < -0.3 is 10.0 Å². The number of alkyl halides is 3. The molecule has 0 aliphatic carbocycles. The highest BCUT2D eigenvalue weighted by atomic mass is 35.5. The van der Waals surface area contributed by atoms with Crippen LogP contribution in [0.3, 0.4) is 0 Å². The molecule has 110 valence electrons. The third kappa shape index (κ3) is 5.13. The van der Waals surface area contributed by atoms with Gasteiger partial charge in [0.15, 0.2) is 0 Å². The van der Waals surface area contributed by atoms with E-state index in [1.807, 2.05) is 0 Å². The third-order valence-corrected chi connectivity index (χ3v) is 2.72. The van der Waals surface area contributed by atoms with E-state index in [0.717, 1.165) is 11.0 Å². The van der Waals surface area contributed by atoms with Crippen LogP contribution in [-0.4, -0.2) is 30.3 Å². The summed E-state index contributed by atoms with van der Waals surface area (Å²) in [5.74, 6) is -1.19. The summed E-state index contributed by atoms with van der Waals surface area (Å²) in [6, 6.07) is 4.34. The number of benzene rings is 1. The fourth-order valence-corrected chi connectivity index (χ4v) is 1.87. The van der Waals surface area contributed by atoms with Crippen LogP contribution in [0.1, 0.15) is 12.5 Å². The smallest absolute Gasteiger partial charge is 0.405 e. The van der Waals surface area contributed by atoms with Crippen LogP contribution in [0.2, 0.25) is 5.02 Å². The maximum absolute atomic E-state index is 12.5. The number of nitrogens with zero attached hydrogens (tertiary/aromatic N) is 1. The average Bonchev–Trinajstić information content (AvgIpc) is 2.32. The van der Waals surface area contributed by atoms with Gasteiger partial charge in [0.05, 0.1) is 0 Å². The number of hydrogen-bond donors (Lipinski definition) is 1. The first-order valence-corrected chi connectivity index (χ1v) is 6.13. The maximum atomic E-state index is 12.5. The first kappa shape index (κ1) is 16.4. The summed E-state index contributed by atoms with van der Waals surface area (Å²) in [6.07, 6.45) is -2.26. The molecule has 0 atom stereocenters. The molecule has 0 bridgehead atoms. The topological polar surface area (TPSA) is 40.5 Å². The molecule has 0 aliphatic heterocycles. The quantitative estimate of drug-likeness (QED) is 0.841. The van der Waals surface area contributed by atoms with Crippen LogP contribution in [-0.2, 0) is 4.79 Å². The van der Waals surface area contributed by atoms with E-state index in [2.05, 4.69) is 0 Å². The van der Waals surface area contributed by atoms with Crippen molar-refractivity contribution >= 4 is 29.3 Å². The first-order chi connectivity index (χ1) is 9.23. The van der Waals surface area contributed by atoms with Gasteiger partial charge in [0, 0.05) is 23.3 Å². The van der Waals surface area contributed by atoms with E-state index in [4.69, 9.17) is 16.7 Å². The SMILES string of the molecule is CCN(CC(F)(F)F)c1ccc(Cl)cc1/C=C/C(=O)O. The average molecular weight is 308 g/mol. The second kappa shape index (κ2) is 6.65. The van der Waals surface area contributed by atoms with Crippen molar-refractivity contribution in [2.24, 2.45) is 0 Å². The number of rotatable bonds is 5. The van der Waals surface area contributed by atoms with E-state index >= 15 is 0 Å². The summed E-state index contributed by atoms with van der Waals surface area (Å²) in [7, 11) is 0. The molecule has 0 aliphatic rings. The Balaban J connectivity index is 3.17. The normalized spacial score (nSPS) is 11.8. The number of halogens is 4. The van der Waals surface area contributed by atoms with Crippen LogP contribution in [0.25, 0.3) is 6.08 Å². The summed E-state index contributed by atoms with van der Waals surface area (Å²) < 4.78 is 37.6. The van der Waals surface area contributed by atoms with Gasteiger partial charge in [-0.25, -0.2) is 4.79 Å². The molecule has 1 aromatic carbocycles. The fraction of sp³-hybridized carbons (Fsp3) is 0.308. The number of anilines is 1. The number of carboxylic acids is 1. The molecule has 0 saturated carbocycles. The van der Waals surface area contributed by atoms with Crippen molar-refractivity contribution in [2.75, 3.05) is 18.0 Å². The zero-order valence-corrected chi connectivity index (χ0v) is 11.4. The van der Waals surface area contributed by atoms with Crippen LogP contribution in [0, 0.1) is 0 Å². The highest BCUT2D eigenvalue weighted by molar-refractivity contribution is 6.30. The Hall–Kier alpha value is -1.69. The fourth-order valence-electron chi connectivity index (χ4n) is 1.69. The molecule has 20 heavy (non-hydrogen) atoms. The Kier molecular flexibility index (Phi) is 5.44. The van der Waals surface area contributed by atoms with Gasteiger partial charge in [0.2, 0.25) is 0 Å². The van der Waals surface area contributed by atoms with Crippen molar-refractivity contribution < 1.29 is 23.1 Å². The lowest BCUT2D eigenvalue weighted by Gasteiger charge is -2.26. The van der Waals surface area contributed by atoms with Gasteiger partial charge >= 0.3 is 12.1 Å². The van der Waals surface area contributed by atoms with Crippen LogP contribution < -0.4 is 4.90 Å². The minimum Gasteiger partial charge on any atom is -0.478 e. The van der Waals surface area contributed by atoms with Crippen LogP contribution in [0.15, 0.2) is 24.3 Å². The maximum Gasteiger partial charge on any atom is 0.405 e. The predicted octanol–water partition coefficient (Wildman–Crippen LogP) is 3.83. The van der Waals surface area contributed by atoms with Gasteiger partial charge in [0.25, 0.3) is 0 Å². The molecular weight excluding hydrogens is 295 g/mol. The van der Waals surface area contributed by atoms with Crippen LogP contribution in [0.5, 0.6) is 0 Å². The molecule has 3 nitrogen and oxygen atoms in total. The standard InChI is InChI=1S/C13H13ClF3NO2/c1-2-18(8-13(15,16)17)11-5-4-10(14)7-9(11)3-6-12(19)20/h3-7H,2,8H2,1H3,(H,19,20)/b6-3+. The molecule has 1 aromatic rings. The Labute approximate surface area is 119 Å². The number of carbonyl (C=O) groups is 1. The highest BCUT2D eigenvalue weighted by Crippen LogP contribution is 2.28. The molecule has 1 N–H and O–H groups in total. The van der Waals surface area contributed by atoms with Crippen LogP contribution >= 0.6 is 11.6 Å². The largest absolute Gasteiger partial charge is 0.478 e. The number of hydrogen-bond acceptors (Lipinski definition) is 2. The van der Waals surface area contributed by atoms with E-state index in [1.54, 1.807) is 6.92 Å². The van der Waals surface area contributed by atoms with Gasteiger partial charge in [-0.15, -0.1) is 0 Å². The van der Waals surface area contributed by atoms with E-state index < -0.39 is 18.7 Å². The van der Waals surface area contributed by atoms with Gasteiger partial charge in [-0.05, 0) is 36.8 Å². The van der Waals surface area contributed by atoms with Crippen molar-refractivity contribution in [3.63, 3.8) is 0 Å². The Morgan fingerprint density at radius 2 is 2.10 bits per heavy atom. The van der Waals surface area contributed by atoms with Crippen molar-refractivity contribution in [1.29, 1.82) is 0 Å². The van der Waals surface area contributed by atoms with Gasteiger partial charge in [-0.2, -0.15) is 13.2 Å². The molecule has 0 aromatic heterocycles. The molecule has 0 amide bonds.